The number of carboxylic acid groups (broad SMARTS) is 1. The second-order valence-corrected chi connectivity index (χ2v) is 8.95. The fourth-order valence-corrected chi connectivity index (χ4v) is 3.21. The van der Waals surface area contributed by atoms with Crippen molar-refractivity contribution in [3.8, 4) is 0 Å². The Morgan fingerprint density at radius 1 is 0.903 bits per heavy atom. The minimum atomic E-state index is -1.13. The molecule has 0 amide bonds. The van der Waals surface area contributed by atoms with Gasteiger partial charge >= 0.3 is 11.9 Å². The van der Waals surface area contributed by atoms with Gasteiger partial charge in [0.15, 0.2) is 6.10 Å². The first-order chi connectivity index (χ1) is 14.6. The quantitative estimate of drug-likeness (QED) is 0.171. The standard InChI is InChI=1S/C23H43NO7/c1-6-7-8-9-10-11-12-13-14-22(26)31-20(18-30-19(2)25)17-29-16-15-21(23(27)28)24(3,4)5/h20-21H,6-18H2,1-5H3. The molecule has 182 valence electrons. The van der Waals surface area contributed by atoms with Crippen molar-refractivity contribution in [3.63, 3.8) is 0 Å². The summed E-state index contributed by atoms with van der Waals surface area (Å²) in [7, 11) is 5.32. The molecular formula is C23H43NO7. The maximum atomic E-state index is 12.1. The molecule has 2 unspecified atom stereocenters. The number of aliphatic carboxylic acids is 1. The van der Waals surface area contributed by atoms with Gasteiger partial charge < -0.3 is 28.6 Å². The molecule has 0 fully saturated rings. The van der Waals surface area contributed by atoms with Gasteiger partial charge in [-0.1, -0.05) is 51.9 Å². The molecule has 31 heavy (non-hydrogen) atoms. The number of hydrogen-bond donors (Lipinski definition) is 0. The van der Waals surface area contributed by atoms with Crippen LogP contribution in [-0.4, -0.2) is 75.5 Å². The molecular weight excluding hydrogens is 402 g/mol. The van der Waals surface area contributed by atoms with Gasteiger partial charge in [0.05, 0.1) is 40.3 Å². The van der Waals surface area contributed by atoms with Crippen molar-refractivity contribution in [3.05, 3.63) is 0 Å². The van der Waals surface area contributed by atoms with E-state index >= 15 is 0 Å². The number of quaternary nitrogens is 1. The number of rotatable bonds is 19. The Balaban J connectivity index is 4.27. The first-order valence-electron chi connectivity index (χ1n) is 11.5. The highest BCUT2D eigenvalue weighted by atomic mass is 16.6. The maximum absolute atomic E-state index is 12.1. The summed E-state index contributed by atoms with van der Waals surface area (Å²) in [6.45, 7) is 3.60. The van der Waals surface area contributed by atoms with Crippen LogP contribution in [0.1, 0.15) is 78.1 Å². The topological polar surface area (TPSA) is 102 Å². The number of esters is 2. The Bertz CT molecular complexity index is 517. The molecule has 0 aromatic heterocycles. The van der Waals surface area contributed by atoms with Gasteiger partial charge in [0.2, 0.25) is 0 Å². The third-order valence-electron chi connectivity index (χ3n) is 5.05. The van der Waals surface area contributed by atoms with Crippen molar-refractivity contribution < 1.29 is 38.2 Å². The zero-order valence-corrected chi connectivity index (χ0v) is 20.2. The van der Waals surface area contributed by atoms with Gasteiger partial charge in [0, 0.05) is 19.8 Å². The van der Waals surface area contributed by atoms with Gasteiger partial charge in [-0.25, -0.2) is 0 Å². The van der Waals surface area contributed by atoms with Crippen LogP contribution in [0.3, 0.4) is 0 Å². The number of hydrogen-bond acceptors (Lipinski definition) is 7. The monoisotopic (exact) mass is 445 g/mol. The molecule has 2 atom stereocenters. The lowest BCUT2D eigenvalue weighted by atomic mass is 10.1. The van der Waals surface area contributed by atoms with E-state index in [-0.39, 0.29) is 36.7 Å². The van der Waals surface area contributed by atoms with Crippen LogP contribution in [0.4, 0.5) is 0 Å². The zero-order valence-electron chi connectivity index (χ0n) is 20.2. The molecule has 8 nitrogen and oxygen atoms in total. The van der Waals surface area contributed by atoms with Gasteiger partial charge in [0.25, 0.3) is 0 Å². The highest BCUT2D eigenvalue weighted by Crippen LogP contribution is 2.11. The molecule has 0 rings (SSSR count). The fourth-order valence-electron chi connectivity index (χ4n) is 3.21. The van der Waals surface area contributed by atoms with Gasteiger partial charge in [-0.2, -0.15) is 0 Å². The van der Waals surface area contributed by atoms with Crippen LogP contribution in [0.5, 0.6) is 0 Å². The molecule has 8 heteroatoms. The van der Waals surface area contributed by atoms with Crippen molar-refractivity contribution in [1.82, 2.24) is 0 Å². The van der Waals surface area contributed by atoms with Crippen LogP contribution >= 0.6 is 0 Å². The number of likely N-dealkylation sites (N-methyl/N-ethyl adjacent to an activating group) is 1. The Kier molecular flexibility index (Phi) is 16.0. The summed E-state index contributed by atoms with van der Waals surface area (Å²) in [6, 6.07) is -0.712. The summed E-state index contributed by atoms with van der Waals surface area (Å²) in [5, 5.41) is 11.3. The molecule has 0 bridgehead atoms. The first kappa shape index (κ1) is 29.3. The molecule has 0 aromatic carbocycles. The predicted octanol–water partition coefficient (Wildman–Crippen LogP) is 2.22. The zero-order chi connectivity index (χ0) is 23.7. The smallest absolute Gasteiger partial charge is 0.306 e. The first-order valence-corrected chi connectivity index (χ1v) is 11.5. The van der Waals surface area contributed by atoms with Gasteiger partial charge in [-0.3, -0.25) is 9.59 Å². The van der Waals surface area contributed by atoms with E-state index in [1.807, 2.05) is 0 Å². The number of carbonyl (C=O) groups is 3. The van der Waals surface area contributed by atoms with Crippen molar-refractivity contribution in [2.45, 2.75) is 90.2 Å². The van der Waals surface area contributed by atoms with Crippen LogP contribution in [0, 0.1) is 0 Å². The number of carboxylic acids is 1. The summed E-state index contributed by atoms with van der Waals surface area (Å²) in [5.41, 5.74) is 0. The highest BCUT2D eigenvalue weighted by molar-refractivity contribution is 5.70. The van der Waals surface area contributed by atoms with Crippen molar-refractivity contribution >= 4 is 17.9 Å². The van der Waals surface area contributed by atoms with E-state index in [0.717, 1.165) is 19.3 Å². The second-order valence-electron chi connectivity index (χ2n) is 8.95. The van der Waals surface area contributed by atoms with E-state index in [0.29, 0.717) is 6.42 Å². The highest BCUT2D eigenvalue weighted by Gasteiger charge is 2.25. The van der Waals surface area contributed by atoms with Crippen molar-refractivity contribution in [2.75, 3.05) is 41.0 Å². The average Bonchev–Trinajstić information content (AvgIpc) is 2.66. The lowest BCUT2D eigenvalue weighted by Gasteiger charge is -2.34. The fraction of sp³-hybridized carbons (Fsp3) is 0.870. The maximum Gasteiger partial charge on any atom is 0.306 e. The van der Waals surface area contributed by atoms with E-state index in [9.17, 15) is 19.5 Å². The molecule has 0 aliphatic carbocycles. The van der Waals surface area contributed by atoms with E-state index in [4.69, 9.17) is 14.2 Å². The summed E-state index contributed by atoms with van der Waals surface area (Å²) < 4.78 is 16.1. The lowest BCUT2D eigenvalue weighted by Crippen LogP contribution is -2.55. The molecule has 0 spiro atoms. The lowest BCUT2D eigenvalue weighted by molar-refractivity contribution is -0.889. The minimum absolute atomic E-state index is 0.0351. The Labute approximate surface area is 187 Å². The third-order valence-corrected chi connectivity index (χ3v) is 5.05. The minimum Gasteiger partial charge on any atom is -0.544 e. The largest absolute Gasteiger partial charge is 0.544 e. The molecule has 0 radical (unpaired) electrons. The van der Waals surface area contributed by atoms with Crippen molar-refractivity contribution in [1.29, 1.82) is 0 Å². The van der Waals surface area contributed by atoms with Gasteiger partial charge in [0.1, 0.15) is 12.6 Å². The van der Waals surface area contributed by atoms with Crippen LogP contribution in [-0.2, 0) is 28.6 Å². The molecule has 0 aliphatic rings. The van der Waals surface area contributed by atoms with Crippen LogP contribution < -0.4 is 5.11 Å². The van der Waals surface area contributed by atoms with E-state index < -0.39 is 24.1 Å². The van der Waals surface area contributed by atoms with Crippen molar-refractivity contribution in [2.24, 2.45) is 0 Å². The number of carbonyl (C=O) groups excluding carboxylic acids is 3. The summed E-state index contributed by atoms with van der Waals surface area (Å²) in [5.74, 6) is -1.94. The summed E-state index contributed by atoms with van der Waals surface area (Å²) in [4.78, 5) is 34.5. The molecule has 0 N–H and O–H groups in total. The molecule has 0 heterocycles. The second kappa shape index (κ2) is 17.0. The molecule has 0 aromatic rings. The van der Waals surface area contributed by atoms with Crippen LogP contribution in [0.2, 0.25) is 0 Å². The van der Waals surface area contributed by atoms with Crippen LogP contribution in [0.25, 0.3) is 0 Å². The number of unbranched alkanes of at least 4 members (excludes halogenated alkanes) is 7. The third kappa shape index (κ3) is 16.7. The molecule has 0 aliphatic heterocycles. The van der Waals surface area contributed by atoms with Gasteiger partial charge in [-0.05, 0) is 6.42 Å². The summed E-state index contributed by atoms with van der Waals surface area (Å²) >= 11 is 0. The van der Waals surface area contributed by atoms with Crippen LogP contribution in [0.15, 0.2) is 0 Å². The Morgan fingerprint density at radius 3 is 2.00 bits per heavy atom. The predicted molar refractivity (Wildman–Crippen MR) is 116 cm³/mol. The Hall–Kier alpha value is -1.67. The van der Waals surface area contributed by atoms with E-state index in [2.05, 4.69) is 6.92 Å². The molecule has 0 saturated heterocycles. The number of nitrogens with zero attached hydrogens (tertiary/aromatic N) is 1. The van der Waals surface area contributed by atoms with E-state index in [1.165, 1.54) is 39.0 Å². The van der Waals surface area contributed by atoms with E-state index in [1.54, 1.807) is 21.1 Å². The average molecular weight is 446 g/mol. The van der Waals surface area contributed by atoms with Gasteiger partial charge in [-0.15, -0.1) is 0 Å². The molecule has 0 saturated carbocycles. The number of ether oxygens (including phenoxy) is 3. The summed E-state index contributed by atoms with van der Waals surface area (Å²) in [6.07, 6.45) is 8.96. The normalized spacial score (nSPS) is 13.5. The Morgan fingerprint density at radius 2 is 1.48 bits per heavy atom. The SMILES string of the molecule is CCCCCCCCCCC(=O)OC(COCCC(C(=O)[O-])[N+](C)(C)C)COC(C)=O.